The minimum Gasteiger partial charge on any atom is -0.377 e. The summed E-state index contributed by atoms with van der Waals surface area (Å²) in [6.07, 6.45) is 0.577. The summed E-state index contributed by atoms with van der Waals surface area (Å²) in [7, 11) is 1.52. The van der Waals surface area contributed by atoms with E-state index in [9.17, 15) is 4.79 Å². The molecule has 0 fully saturated rings. The van der Waals surface area contributed by atoms with Gasteiger partial charge in [-0.05, 0) is 0 Å². The van der Waals surface area contributed by atoms with Gasteiger partial charge in [-0.25, -0.2) is 0 Å². The topological polar surface area (TPSA) is 26.3 Å². The Morgan fingerprint density at radius 2 is 1.89 bits per heavy atom. The van der Waals surface area contributed by atoms with Crippen LogP contribution in [-0.2, 0) is 9.53 Å². The molecular weight excluding hydrogens is 116 g/mol. The van der Waals surface area contributed by atoms with Crippen LogP contribution in [0.15, 0.2) is 0 Å². The van der Waals surface area contributed by atoms with E-state index < -0.39 is 0 Å². The highest BCUT2D eigenvalue weighted by atomic mass is 16.5. The maximum atomic E-state index is 10.3. The minimum atomic E-state index is 0. The molecule has 0 aromatic heterocycles. The number of hydrogen-bond donors (Lipinski definition) is 0. The van der Waals surface area contributed by atoms with Crippen LogP contribution in [0, 0.1) is 0 Å². The van der Waals surface area contributed by atoms with Gasteiger partial charge in [-0.15, -0.1) is 0 Å². The zero-order valence-corrected chi connectivity index (χ0v) is 4.73. The molecule has 0 saturated carbocycles. The fourth-order valence-electron chi connectivity index (χ4n) is 0.263. The van der Waals surface area contributed by atoms with Crippen LogP contribution in [0.5, 0.6) is 0 Å². The second kappa shape index (κ2) is 10.6. The fraction of sp³-hybridized carbons (Fsp3) is 0.857. The normalized spacial score (nSPS) is 6.89. The van der Waals surface area contributed by atoms with Crippen molar-refractivity contribution in [3.05, 3.63) is 0 Å². The van der Waals surface area contributed by atoms with Crippen molar-refractivity contribution < 1.29 is 9.53 Å². The van der Waals surface area contributed by atoms with Crippen LogP contribution in [0.25, 0.3) is 0 Å². The largest absolute Gasteiger partial charge is 0.377 e. The summed E-state index contributed by atoms with van der Waals surface area (Å²) in [5, 5.41) is 0. The lowest BCUT2D eigenvalue weighted by Crippen LogP contribution is -2.03. The summed E-state index contributed by atoms with van der Waals surface area (Å²) in [4.78, 5) is 10.3. The number of rotatable bonds is 3. The Labute approximate surface area is 58.2 Å². The number of ketones is 1. The molecule has 2 nitrogen and oxygen atoms in total. The van der Waals surface area contributed by atoms with E-state index in [-0.39, 0.29) is 27.2 Å². The van der Waals surface area contributed by atoms with Crippen molar-refractivity contribution in [2.75, 3.05) is 13.7 Å². The molecule has 0 radical (unpaired) electrons. The van der Waals surface area contributed by atoms with Gasteiger partial charge in [0.1, 0.15) is 6.61 Å². The third-order valence-electron chi connectivity index (χ3n) is 0.700. The van der Waals surface area contributed by atoms with E-state index in [4.69, 9.17) is 0 Å². The lowest BCUT2D eigenvalue weighted by atomic mass is 10.3. The van der Waals surface area contributed by atoms with Gasteiger partial charge in [0, 0.05) is 13.5 Å². The number of methoxy groups -OCH3 is 1. The molecular formula is C7H18O2. The van der Waals surface area contributed by atoms with Gasteiger partial charge >= 0.3 is 0 Å². The van der Waals surface area contributed by atoms with Crippen molar-refractivity contribution in [3.8, 4) is 0 Å². The van der Waals surface area contributed by atoms with E-state index >= 15 is 0 Å². The molecule has 0 rings (SSSR count). The Bertz CT molecular complexity index is 59.9. The van der Waals surface area contributed by atoms with Crippen LogP contribution in [0.2, 0.25) is 0 Å². The number of carbonyl (C=O) groups excluding carboxylic acids is 1. The first-order valence-corrected chi connectivity index (χ1v) is 2.32. The van der Waals surface area contributed by atoms with E-state index in [0.29, 0.717) is 6.42 Å². The molecule has 0 bridgehead atoms. The maximum absolute atomic E-state index is 10.3. The van der Waals surface area contributed by atoms with Gasteiger partial charge in [0.05, 0.1) is 0 Å². The van der Waals surface area contributed by atoms with Crippen molar-refractivity contribution in [1.82, 2.24) is 0 Å². The molecule has 58 valence electrons. The Hall–Kier alpha value is -0.370. The molecule has 0 unspecified atom stereocenters. The molecule has 0 heterocycles. The van der Waals surface area contributed by atoms with E-state index in [1.54, 1.807) is 0 Å². The first-order chi connectivity index (χ1) is 3.31. The van der Waals surface area contributed by atoms with Gasteiger partial charge < -0.3 is 4.74 Å². The first kappa shape index (κ1) is 15.9. The summed E-state index contributed by atoms with van der Waals surface area (Å²) < 4.78 is 4.54. The summed E-state index contributed by atoms with van der Waals surface area (Å²) in [6, 6.07) is 0. The molecule has 9 heavy (non-hydrogen) atoms. The van der Waals surface area contributed by atoms with Gasteiger partial charge in [0.2, 0.25) is 0 Å². The Balaban J connectivity index is -0.000000180. The third kappa shape index (κ3) is 11.3. The lowest BCUT2D eigenvalue weighted by molar-refractivity contribution is -0.122. The standard InChI is InChI=1S/C5H10O2.2CH4/c1-3-5(6)4-7-2;;/h3-4H2,1-2H3;2*1H4. The van der Waals surface area contributed by atoms with Crippen molar-refractivity contribution in [1.29, 1.82) is 0 Å². The number of carbonyl (C=O) groups is 1. The predicted molar refractivity (Wildman–Crippen MR) is 40.6 cm³/mol. The highest BCUT2D eigenvalue weighted by Gasteiger charge is 1.91. The molecule has 0 aliphatic carbocycles. The van der Waals surface area contributed by atoms with Gasteiger partial charge in [0.25, 0.3) is 0 Å². The molecule has 0 aromatic carbocycles. The van der Waals surface area contributed by atoms with Crippen molar-refractivity contribution >= 4 is 5.78 Å². The zero-order chi connectivity index (χ0) is 5.70. The smallest absolute Gasteiger partial charge is 0.158 e. The molecule has 2 heteroatoms. The van der Waals surface area contributed by atoms with Gasteiger partial charge in [-0.1, -0.05) is 21.8 Å². The number of ether oxygens (including phenoxy) is 1. The number of Topliss-reactive ketones (excluding diaryl/α,β-unsaturated/α-hetero) is 1. The molecule has 0 aliphatic heterocycles. The second-order valence-corrected chi connectivity index (χ2v) is 1.33. The Kier molecular flexibility index (Phi) is 18.6. The van der Waals surface area contributed by atoms with Crippen LogP contribution < -0.4 is 0 Å². The summed E-state index contributed by atoms with van der Waals surface area (Å²) in [5.41, 5.74) is 0. The van der Waals surface area contributed by atoms with Crippen molar-refractivity contribution in [3.63, 3.8) is 0 Å². The van der Waals surface area contributed by atoms with E-state index in [1.165, 1.54) is 7.11 Å². The third-order valence-corrected chi connectivity index (χ3v) is 0.700. The zero-order valence-electron chi connectivity index (χ0n) is 4.73. The van der Waals surface area contributed by atoms with Crippen LogP contribution in [0.1, 0.15) is 28.2 Å². The molecule has 0 saturated heterocycles. The van der Waals surface area contributed by atoms with Crippen LogP contribution in [0.3, 0.4) is 0 Å². The molecule has 0 N–H and O–H groups in total. The summed E-state index contributed by atoms with van der Waals surface area (Å²) in [6.45, 7) is 2.08. The second-order valence-electron chi connectivity index (χ2n) is 1.33. The van der Waals surface area contributed by atoms with Crippen LogP contribution in [0.4, 0.5) is 0 Å². The number of hydrogen-bond acceptors (Lipinski definition) is 2. The molecule has 0 spiro atoms. The predicted octanol–water partition coefficient (Wildman–Crippen LogP) is 1.88. The SMILES string of the molecule is C.C.CCC(=O)COC. The van der Waals surface area contributed by atoms with E-state index in [0.717, 1.165) is 0 Å². The Morgan fingerprint density at radius 3 is 2.00 bits per heavy atom. The average molecular weight is 134 g/mol. The molecule has 0 amide bonds. The molecule has 0 aliphatic rings. The van der Waals surface area contributed by atoms with E-state index in [2.05, 4.69) is 4.74 Å². The fourth-order valence-corrected chi connectivity index (χ4v) is 0.263. The van der Waals surface area contributed by atoms with Crippen molar-refractivity contribution in [2.24, 2.45) is 0 Å². The quantitative estimate of drug-likeness (QED) is 0.589. The highest BCUT2D eigenvalue weighted by Crippen LogP contribution is 1.78. The summed E-state index contributed by atoms with van der Waals surface area (Å²) >= 11 is 0. The average Bonchev–Trinajstić information content (AvgIpc) is 1.68. The summed E-state index contributed by atoms with van der Waals surface area (Å²) in [5.74, 6) is 0.155. The van der Waals surface area contributed by atoms with Gasteiger partial charge in [-0.2, -0.15) is 0 Å². The van der Waals surface area contributed by atoms with Crippen LogP contribution >= 0.6 is 0 Å². The van der Waals surface area contributed by atoms with Crippen molar-refractivity contribution in [2.45, 2.75) is 28.2 Å². The first-order valence-electron chi connectivity index (χ1n) is 2.32. The monoisotopic (exact) mass is 134 g/mol. The molecule has 0 atom stereocenters. The van der Waals surface area contributed by atoms with E-state index in [1.807, 2.05) is 6.92 Å². The minimum absolute atomic E-state index is 0. The maximum Gasteiger partial charge on any atom is 0.158 e. The van der Waals surface area contributed by atoms with Gasteiger partial charge in [-0.3, -0.25) is 4.79 Å². The molecule has 0 aromatic rings. The van der Waals surface area contributed by atoms with Gasteiger partial charge in [0.15, 0.2) is 5.78 Å². The Morgan fingerprint density at radius 1 is 1.44 bits per heavy atom. The lowest BCUT2D eigenvalue weighted by Gasteiger charge is -1.89. The highest BCUT2D eigenvalue weighted by molar-refractivity contribution is 5.79. The van der Waals surface area contributed by atoms with Crippen LogP contribution in [-0.4, -0.2) is 19.5 Å².